The number of aryl methyl sites for hydroxylation is 3. The number of rotatable bonds is 4. The van der Waals surface area contributed by atoms with Crippen LogP contribution in [0.15, 0.2) is 71.6 Å². The van der Waals surface area contributed by atoms with Crippen molar-refractivity contribution in [3.63, 3.8) is 0 Å². The lowest BCUT2D eigenvalue weighted by atomic mass is 9.86. The van der Waals surface area contributed by atoms with E-state index in [-0.39, 0.29) is 16.8 Å². The first-order chi connectivity index (χ1) is 16.3. The molecule has 2 aliphatic rings. The standard InChI is InChI=1S/C27H29FN2O3S/c1-18-9-14-22(15-10-18)34(32,33)29-23-6-4-8-26(27(23)31)30-24-7-3-2-5-19(24)11-12-20-17-21(28)13-16-25(20)30/h2-3,5,7,9-10,13-17,23,26-27,29,31H,4,6,8,11-12H2,1H3/t23-,26?,27+/m0/s1. The maximum atomic E-state index is 14.1. The molecule has 1 aliphatic heterocycles. The van der Waals surface area contributed by atoms with Gasteiger partial charge >= 0.3 is 0 Å². The largest absolute Gasteiger partial charge is 0.389 e. The minimum Gasteiger partial charge on any atom is -0.389 e. The molecule has 1 fully saturated rings. The number of aliphatic hydroxyl groups is 1. The molecule has 0 saturated heterocycles. The van der Waals surface area contributed by atoms with E-state index in [0.717, 1.165) is 40.9 Å². The number of sulfonamides is 1. The molecule has 0 spiro atoms. The maximum absolute atomic E-state index is 14.1. The Balaban J connectivity index is 1.50. The molecule has 5 nitrogen and oxygen atoms in total. The van der Waals surface area contributed by atoms with Crippen LogP contribution in [-0.4, -0.2) is 31.7 Å². The van der Waals surface area contributed by atoms with Crippen LogP contribution in [-0.2, 0) is 22.9 Å². The molecule has 5 rings (SSSR count). The third-order valence-electron chi connectivity index (χ3n) is 7.01. The highest BCUT2D eigenvalue weighted by atomic mass is 32.2. The van der Waals surface area contributed by atoms with Crippen molar-refractivity contribution in [1.82, 2.24) is 4.72 Å². The second kappa shape index (κ2) is 9.13. The van der Waals surface area contributed by atoms with Gasteiger partial charge in [-0.2, -0.15) is 0 Å². The van der Waals surface area contributed by atoms with E-state index >= 15 is 0 Å². The lowest BCUT2D eigenvalue weighted by Crippen LogP contribution is -2.55. The number of nitrogens with one attached hydrogen (secondary N) is 1. The first-order valence-corrected chi connectivity index (χ1v) is 13.2. The van der Waals surface area contributed by atoms with Crippen molar-refractivity contribution in [3.05, 3.63) is 89.2 Å². The number of hydrogen-bond acceptors (Lipinski definition) is 4. The van der Waals surface area contributed by atoms with E-state index in [9.17, 15) is 17.9 Å². The molecule has 1 aliphatic carbocycles. The fourth-order valence-electron chi connectivity index (χ4n) is 5.25. The maximum Gasteiger partial charge on any atom is 0.240 e. The number of hydrogen-bond donors (Lipinski definition) is 2. The highest BCUT2D eigenvalue weighted by molar-refractivity contribution is 7.89. The van der Waals surface area contributed by atoms with Crippen molar-refractivity contribution < 1.29 is 17.9 Å². The molecule has 3 atom stereocenters. The lowest BCUT2D eigenvalue weighted by Gasteiger charge is -2.43. The number of benzene rings is 3. The van der Waals surface area contributed by atoms with Gasteiger partial charge in [-0.25, -0.2) is 17.5 Å². The normalized spacial score (nSPS) is 22.6. The fourth-order valence-corrected chi connectivity index (χ4v) is 6.54. The predicted molar refractivity (Wildman–Crippen MR) is 131 cm³/mol. The zero-order valence-corrected chi connectivity index (χ0v) is 19.9. The highest BCUT2D eigenvalue weighted by Crippen LogP contribution is 2.41. The van der Waals surface area contributed by atoms with Crippen LogP contribution in [0.4, 0.5) is 15.8 Å². The molecule has 0 aromatic heterocycles. The molecule has 34 heavy (non-hydrogen) atoms. The molecule has 178 valence electrons. The Bertz CT molecular complexity index is 1290. The van der Waals surface area contributed by atoms with E-state index in [0.29, 0.717) is 19.3 Å². The summed E-state index contributed by atoms with van der Waals surface area (Å²) in [4.78, 5) is 2.29. The third-order valence-corrected chi connectivity index (χ3v) is 8.51. The van der Waals surface area contributed by atoms with Crippen molar-refractivity contribution in [2.45, 2.75) is 62.1 Å². The minimum absolute atomic E-state index is 0.188. The molecule has 3 aromatic carbocycles. The SMILES string of the molecule is Cc1ccc(S(=O)(=O)N[C@H]2CCCC(N3c4ccccc4CCc4cc(F)ccc43)[C@@H]2O)cc1. The minimum atomic E-state index is -3.78. The number of para-hydroxylation sites is 1. The van der Waals surface area contributed by atoms with Crippen LogP contribution in [0.2, 0.25) is 0 Å². The summed E-state index contributed by atoms with van der Waals surface area (Å²) >= 11 is 0. The summed E-state index contributed by atoms with van der Waals surface area (Å²) in [6, 6.07) is 18.6. The van der Waals surface area contributed by atoms with E-state index < -0.39 is 22.2 Å². The summed E-state index contributed by atoms with van der Waals surface area (Å²) in [7, 11) is -3.78. The first kappa shape index (κ1) is 23.0. The fraction of sp³-hybridized carbons (Fsp3) is 0.333. The van der Waals surface area contributed by atoms with Crippen LogP contribution in [0.25, 0.3) is 0 Å². The van der Waals surface area contributed by atoms with Gasteiger partial charge in [-0.15, -0.1) is 0 Å². The summed E-state index contributed by atoms with van der Waals surface area (Å²) < 4.78 is 43.0. The van der Waals surface area contributed by atoms with Gasteiger partial charge in [0.25, 0.3) is 0 Å². The van der Waals surface area contributed by atoms with Gasteiger partial charge in [0.15, 0.2) is 0 Å². The van der Waals surface area contributed by atoms with Gasteiger partial charge in [0, 0.05) is 11.4 Å². The van der Waals surface area contributed by atoms with Crippen LogP contribution in [0.5, 0.6) is 0 Å². The van der Waals surface area contributed by atoms with E-state index in [2.05, 4.69) is 15.7 Å². The van der Waals surface area contributed by atoms with Gasteiger partial charge in [-0.1, -0.05) is 35.9 Å². The molecule has 3 aromatic rings. The van der Waals surface area contributed by atoms with Crippen molar-refractivity contribution in [2.75, 3.05) is 4.90 Å². The molecule has 0 radical (unpaired) electrons. The topological polar surface area (TPSA) is 69.6 Å². The van der Waals surface area contributed by atoms with E-state index in [1.807, 2.05) is 25.1 Å². The molecule has 1 heterocycles. The van der Waals surface area contributed by atoms with Crippen LogP contribution >= 0.6 is 0 Å². The van der Waals surface area contributed by atoms with Crippen molar-refractivity contribution >= 4 is 21.4 Å². The van der Waals surface area contributed by atoms with Crippen LogP contribution in [0, 0.1) is 12.7 Å². The Morgan fingerprint density at radius 3 is 2.44 bits per heavy atom. The molecular formula is C27H29FN2O3S. The molecule has 7 heteroatoms. The third kappa shape index (κ3) is 4.35. The van der Waals surface area contributed by atoms with Crippen LogP contribution in [0.3, 0.4) is 0 Å². The second-order valence-corrected chi connectivity index (χ2v) is 11.0. The zero-order chi connectivity index (χ0) is 23.9. The van der Waals surface area contributed by atoms with Gasteiger partial charge < -0.3 is 10.0 Å². The van der Waals surface area contributed by atoms with E-state index in [1.54, 1.807) is 36.4 Å². The summed E-state index contributed by atoms with van der Waals surface area (Å²) in [5.41, 5.74) is 4.86. The lowest BCUT2D eigenvalue weighted by molar-refractivity contribution is 0.0812. The van der Waals surface area contributed by atoms with E-state index in [1.165, 1.54) is 6.07 Å². The molecule has 0 amide bonds. The monoisotopic (exact) mass is 480 g/mol. The average Bonchev–Trinajstić information content (AvgIpc) is 2.97. The Kier molecular flexibility index (Phi) is 6.18. The van der Waals surface area contributed by atoms with Gasteiger partial charge in [0.1, 0.15) is 5.82 Å². The predicted octanol–water partition coefficient (Wildman–Crippen LogP) is 4.63. The number of nitrogens with zero attached hydrogens (tertiary/aromatic N) is 1. The van der Waals surface area contributed by atoms with Crippen LogP contribution < -0.4 is 9.62 Å². The Morgan fingerprint density at radius 1 is 0.941 bits per heavy atom. The molecule has 1 saturated carbocycles. The van der Waals surface area contributed by atoms with Crippen molar-refractivity contribution in [3.8, 4) is 0 Å². The van der Waals surface area contributed by atoms with Crippen LogP contribution in [0.1, 0.15) is 36.0 Å². The quantitative estimate of drug-likeness (QED) is 0.571. The number of aliphatic hydroxyl groups excluding tert-OH is 1. The smallest absolute Gasteiger partial charge is 0.240 e. The second-order valence-electron chi connectivity index (χ2n) is 9.30. The molecule has 2 N–H and O–H groups in total. The highest BCUT2D eigenvalue weighted by Gasteiger charge is 2.40. The summed E-state index contributed by atoms with van der Waals surface area (Å²) in [6.45, 7) is 1.90. The number of fused-ring (bicyclic) bond motifs is 2. The summed E-state index contributed by atoms with van der Waals surface area (Å²) in [5, 5.41) is 11.5. The molecular weight excluding hydrogens is 451 g/mol. The van der Waals surface area contributed by atoms with Gasteiger partial charge in [0.2, 0.25) is 10.0 Å². The Labute approximate surface area is 200 Å². The molecule has 1 unspecified atom stereocenters. The van der Waals surface area contributed by atoms with E-state index in [4.69, 9.17) is 0 Å². The van der Waals surface area contributed by atoms with Crippen molar-refractivity contribution in [1.29, 1.82) is 0 Å². The number of halogens is 1. The molecule has 0 bridgehead atoms. The number of anilines is 2. The Hall–Kier alpha value is -2.74. The van der Waals surface area contributed by atoms with Gasteiger partial charge in [-0.3, -0.25) is 0 Å². The van der Waals surface area contributed by atoms with Gasteiger partial charge in [0.05, 0.1) is 23.1 Å². The van der Waals surface area contributed by atoms with Crippen molar-refractivity contribution in [2.24, 2.45) is 0 Å². The summed E-state index contributed by atoms with van der Waals surface area (Å²) in [6.07, 6.45) is 2.56. The Morgan fingerprint density at radius 2 is 1.65 bits per heavy atom. The summed E-state index contributed by atoms with van der Waals surface area (Å²) in [5.74, 6) is -0.280. The zero-order valence-electron chi connectivity index (χ0n) is 19.1. The first-order valence-electron chi connectivity index (χ1n) is 11.8. The van der Waals surface area contributed by atoms with Gasteiger partial charge in [-0.05, 0) is 86.6 Å². The average molecular weight is 481 g/mol.